The van der Waals surface area contributed by atoms with Crippen molar-refractivity contribution in [2.75, 3.05) is 11.5 Å². The molecule has 0 bridgehead atoms. The molecule has 0 heterocycles. The van der Waals surface area contributed by atoms with Crippen molar-refractivity contribution in [2.24, 2.45) is 11.8 Å². The Balaban J connectivity index is 0. The zero-order chi connectivity index (χ0) is 17.5. The molecule has 0 radical (unpaired) electrons. The van der Waals surface area contributed by atoms with Crippen LogP contribution in [0.4, 0.5) is 0 Å². The lowest BCUT2D eigenvalue weighted by molar-refractivity contribution is -0.154. The summed E-state index contributed by atoms with van der Waals surface area (Å²) in [5, 5.41) is 7.86. The highest BCUT2D eigenvalue weighted by atomic mass is 32.1. The Hall–Kier alpha value is -0.360. The lowest BCUT2D eigenvalue weighted by Crippen LogP contribution is -2.28. The van der Waals surface area contributed by atoms with Crippen LogP contribution in [-0.2, 0) is 14.3 Å². The lowest BCUT2D eigenvalue weighted by atomic mass is 9.92. The Labute approximate surface area is 146 Å². The van der Waals surface area contributed by atoms with Crippen LogP contribution >= 0.6 is 25.3 Å². The van der Waals surface area contributed by atoms with E-state index in [1.807, 2.05) is 6.92 Å². The van der Waals surface area contributed by atoms with E-state index in [0.29, 0.717) is 17.4 Å². The summed E-state index contributed by atoms with van der Waals surface area (Å²) in [5.74, 6) is 0.460. The molecule has 3 atom stereocenters. The van der Waals surface area contributed by atoms with Crippen molar-refractivity contribution in [1.29, 1.82) is 0 Å². The minimum absolute atomic E-state index is 0.0358. The minimum Gasteiger partial charge on any atom is -0.481 e. The molecule has 0 aromatic heterocycles. The van der Waals surface area contributed by atoms with E-state index >= 15 is 0 Å². The number of rotatable bonds is 10. The highest BCUT2D eigenvalue weighted by molar-refractivity contribution is 7.80. The normalized spacial score (nSPS) is 14.3. The van der Waals surface area contributed by atoms with Gasteiger partial charge in [0.15, 0.2) is 0 Å². The fourth-order valence-corrected chi connectivity index (χ4v) is 2.69. The van der Waals surface area contributed by atoms with Crippen molar-refractivity contribution < 1.29 is 19.4 Å². The van der Waals surface area contributed by atoms with Gasteiger partial charge in [0.2, 0.25) is 0 Å². The van der Waals surface area contributed by atoms with Crippen LogP contribution in [0.25, 0.3) is 0 Å². The first-order valence-corrected chi connectivity index (χ1v) is 9.24. The van der Waals surface area contributed by atoms with E-state index in [4.69, 9.17) is 9.84 Å². The maximum atomic E-state index is 11.9. The number of carboxylic acid groups (broad SMARTS) is 1. The second-order valence-electron chi connectivity index (χ2n) is 5.46. The largest absolute Gasteiger partial charge is 0.481 e. The number of carbonyl (C=O) groups is 2. The van der Waals surface area contributed by atoms with E-state index in [1.165, 1.54) is 0 Å². The third kappa shape index (κ3) is 13.3. The SMILES string of the molecule is CCCC(C)OC(=O)C(CS)C(C)CCC.O=C(O)CCS. The van der Waals surface area contributed by atoms with E-state index < -0.39 is 5.97 Å². The van der Waals surface area contributed by atoms with Crippen LogP contribution in [0.2, 0.25) is 0 Å². The average molecular weight is 353 g/mol. The van der Waals surface area contributed by atoms with Crippen LogP contribution in [0, 0.1) is 11.8 Å². The fourth-order valence-electron chi connectivity index (χ4n) is 1.99. The van der Waals surface area contributed by atoms with Crippen LogP contribution in [0.3, 0.4) is 0 Å². The van der Waals surface area contributed by atoms with Gasteiger partial charge in [-0.15, -0.1) is 0 Å². The summed E-state index contributed by atoms with van der Waals surface area (Å²) in [6.45, 7) is 8.30. The summed E-state index contributed by atoms with van der Waals surface area (Å²) in [6, 6.07) is 0. The van der Waals surface area contributed by atoms with Crippen molar-refractivity contribution in [1.82, 2.24) is 0 Å². The van der Waals surface area contributed by atoms with Crippen LogP contribution in [0.1, 0.15) is 59.8 Å². The van der Waals surface area contributed by atoms with Gasteiger partial charge in [0.05, 0.1) is 18.4 Å². The van der Waals surface area contributed by atoms with E-state index in [2.05, 4.69) is 46.0 Å². The van der Waals surface area contributed by atoms with Crippen molar-refractivity contribution in [3.8, 4) is 0 Å². The standard InChI is InChI=1S/C13H26O2S.C3H6O2S/c1-5-7-10(3)12(9-16)13(14)15-11(4)8-6-2;4-3(5)1-2-6/h10-12,16H,5-9H2,1-4H3;6H,1-2H2,(H,4,5). The van der Waals surface area contributed by atoms with E-state index in [-0.39, 0.29) is 24.4 Å². The van der Waals surface area contributed by atoms with Gasteiger partial charge in [-0.05, 0) is 19.3 Å². The van der Waals surface area contributed by atoms with Gasteiger partial charge >= 0.3 is 11.9 Å². The lowest BCUT2D eigenvalue weighted by Gasteiger charge is -2.22. The molecule has 0 rings (SSSR count). The molecule has 1 N–H and O–H groups in total. The van der Waals surface area contributed by atoms with Gasteiger partial charge in [0, 0.05) is 11.5 Å². The highest BCUT2D eigenvalue weighted by Crippen LogP contribution is 2.21. The topological polar surface area (TPSA) is 63.6 Å². The Morgan fingerprint density at radius 2 is 1.64 bits per heavy atom. The van der Waals surface area contributed by atoms with Gasteiger partial charge in [0.1, 0.15) is 0 Å². The Morgan fingerprint density at radius 1 is 1.09 bits per heavy atom. The maximum absolute atomic E-state index is 11.9. The first kappa shape index (κ1) is 23.9. The molecular weight excluding hydrogens is 320 g/mol. The first-order chi connectivity index (χ1) is 10.3. The van der Waals surface area contributed by atoms with Gasteiger partial charge < -0.3 is 9.84 Å². The summed E-state index contributed by atoms with van der Waals surface area (Å²) in [7, 11) is 0. The Bertz CT molecular complexity index is 298. The molecule has 0 aromatic rings. The van der Waals surface area contributed by atoms with Gasteiger partial charge in [-0.2, -0.15) is 25.3 Å². The van der Waals surface area contributed by atoms with Gasteiger partial charge in [-0.3, -0.25) is 9.59 Å². The zero-order valence-corrected chi connectivity index (χ0v) is 16.0. The molecule has 0 amide bonds. The molecule has 0 aliphatic carbocycles. The van der Waals surface area contributed by atoms with Crippen LogP contribution < -0.4 is 0 Å². The maximum Gasteiger partial charge on any atom is 0.310 e. The van der Waals surface area contributed by atoms with Crippen LogP contribution in [0.15, 0.2) is 0 Å². The molecule has 3 unspecified atom stereocenters. The van der Waals surface area contributed by atoms with Crippen molar-refractivity contribution in [3.05, 3.63) is 0 Å². The molecule has 0 spiro atoms. The second-order valence-corrected chi connectivity index (χ2v) is 6.27. The fraction of sp³-hybridized carbons (Fsp3) is 0.875. The number of esters is 1. The highest BCUT2D eigenvalue weighted by Gasteiger charge is 2.25. The molecule has 0 fully saturated rings. The monoisotopic (exact) mass is 352 g/mol. The summed E-state index contributed by atoms with van der Waals surface area (Å²) in [5.41, 5.74) is 0. The minimum atomic E-state index is -0.787. The van der Waals surface area contributed by atoms with E-state index in [9.17, 15) is 9.59 Å². The predicted molar refractivity (Wildman–Crippen MR) is 98.0 cm³/mol. The summed E-state index contributed by atoms with van der Waals surface area (Å²) in [4.78, 5) is 21.5. The number of ether oxygens (including phenoxy) is 1. The quantitative estimate of drug-likeness (QED) is 0.409. The summed E-state index contributed by atoms with van der Waals surface area (Å²) >= 11 is 7.94. The molecule has 132 valence electrons. The smallest absolute Gasteiger partial charge is 0.310 e. The molecule has 0 aromatic carbocycles. The van der Waals surface area contributed by atoms with Crippen LogP contribution in [-0.4, -0.2) is 34.7 Å². The molecule has 4 nitrogen and oxygen atoms in total. The number of carboxylic acids is 1. The molecule has 0 aliphatic rings. The number of hydrogen-bond donors (Lipinski definition) is 3. The van der Waals surface area contributed by atoms with Crippen LogP contribution in [0.5, 0.6) is 0 Å². The molecule has 6 heteroatoms. The van der Waals surface area contributed by atoms with E-state index in [0.717, 1.165) is 25.7 Å². The number of aliphatic carboxylic acids is 1. The molecule has 0 saturated heterocycles. The Kier molecular flexibility index (Phi) is 16.9. The van der Waals surface area contributed by atoms with E-state index in [1.54, 1.807) is 0 Å². The van der Waals surface area contributed by atoms with Crippen molar-refractivity contribution >= 4 is 37.2 Å². The number of thiol groups is 2. The Morgan fingerprint density at radius 3 is 1.95 bits per heavy atom. The van der Waals surface area contributed by atoms with Gasteiger partial charge in [0.25, 0.3) is 0 Å². The third-order valence-electron chi connectivity index (χ3n) is 3.27. The van der Waals surface area contributed by atoms with Crippen molar-refractivity contribution in [2.45, 2.75) is 65.9 Å². The molecule has 0 saturated carbocycles. The second kappa shape index (κ2) is 15.5. The number of hydrogen-bond acceptors (Lipinski definition) is 5. The molecular formula is C16H32O4S2. The summed E-state index contributed by atoms with van der Waals surface area (Å²) < 4.78 is 5.42. The van der Waals surface area contributed by atoms with Crippen molar-refractivity contribution in [3.63, 3.8) is 0 Å². The summed E-state index contributed by atoms with van der Waals surface area (Å²) in [6.07, 6.45) is 4.33. The van der Waals surface area contributed by atoms with Gasteiger partial charge in [-0.25, -0.2) is 0 Å². The molecule has 0 aliphatic heterocycles. The predicted octanol–water partition coefficient (Wildman–Crippen LogP) is 4.09. The molecule has 22 heavy (non-hydrogen) atoms. The average Bonchev–Trinajstić information content (AvgIpc) is 2.40. The van der Waals surface area contributed by atoms with Gasteiger partial charge in [-0.1, -0.05) is 40.0 Å². The third-order valence-corrected chi connectivity index (χ3v) is 3.89. The number of carbonyl (C=O) groups excluding carboxylic acids is 1. The zero-order valence-electron chi connectivity index (χ0n) is 14.2. The first-order valence-electron chi connectivity index (χ1n) is 7.97.